The minimum absolute atomic E-state index is 0.704. The van der Waals surface area contributed by atoms with Gasteiger partial charge in [0.2, 0.25) is 0 Å². The van der Waals surface area contributed by atoms with Gasteiger partial charge in [0.05, 0.1) is 0 Å². The highest BCUT2D eigenvalue weighted by atomic mass is 14.9. The van der Waals surface area contributed by atoms with Gasteiger partial charge in [-0.05, 0) is 26.3 Å². The summed E-state index contributed by atoms with van der Waals surface area (Å²) in [6, 6.07) is 0.704. The van der Waals surface area contributed by atoms with Crippen molar-refractivity contribution in [2.24, 2.45) is 0 Å². The second-order valence-corrected chi connectivity index (χ2v) is 2.26. The summed E-state index contributed by atoms with van der Waals surface area (Å²) in [6.07, 6.45) is 2.48. The van der Waals surface area contributed by atoms with Gasteiger partial charge in [-0.2, -0.15) is 0 Å². The van der Waals surface area contributed by atoms with E-state index in [4.69, 9.17) is 0 Å². The number of rotatable bonds is 4. The van der Waals surface area contributed by atoms with E-state index in [2.05, 4.69) is 26.1 Å². The lowest BCUT2D eigenvalue weighted by Gasteiger charge is -2.08. The average molecular weight is 115 g/mol. The molecular weight excluding hydrogens is 98.1 g/mol. The van der Waals surface area contributed by atoms with Gasteiger partial charge in [0.25, 0.3) is 0 Å². The largest absolute Gasteiger partial charge is 0.314 e. The van der Waals surface area contributed by atoms with Gasteiger partial charge < -0.3 is 5.32 Å². The van der Waals surface area contributed by atoms with Crippen LogP contribution in [0.1, 0.15) is 33.6 Å². The summed E-state index contributed by atoms with van der Waals surface area (Å²) in [7, 11) is 0. The van der Waals surface area contributed by atoms with Crippen LogP contribution in [0.3, 0.4) is 0 Å². The molecular formula is C7H17N. The zero-order valence-corrected chi connectivity index (χ0v) is 6.20. The highest BCUT2D eigenvalue weighted by molar-refractivity contribution is 4.54. The van der Waals surface area contributed by atoms with Crippen molar-refractivity contribution in [1.82, 2.24) is 5.32 Å². The average Bonchev–Trinajstić information content (AvgIpc) is 1.83. The molecule has 1 nitrogen and oxygen atoms in total. The van der Waals surface area contributed by atoms with E-state index in [1.807, 2.05) is 0 Å². The van der Waals surface area contributed by atoms with Crippen LogP contribution < -0.4 is 5.32 Å². The first kappa shape index (κ1) is 7.96. The van der Waals surface area contributed by atoms with Crippen LogP contribution in [-0.2, 0) is 0 Å². The monoisotopic (exact) mass is 115 g/mol. The summed E-state index contributed by atoms with van der Waals surface area (Å²) in [4.78, 5) is 0. The third-order valence-electron chi connectivity index (χ3n) is 1.36. The Balaban J connectivity index is 2.86. The number of nitrogens with one attached hydrogen (secondary N) is 1. The van der Waals surface area contributed by atoms with Gasteiger partial charge in [-0.15, -0.1) is 0 Å². The molecule has 0 aromatic rings. The first-order chi connectivity index (χ1) is 3.81. The van der Waals surface area contributed by atoms with Crippen LogP contribution in [0.25, 0.3) is 0 Å². The van der Waals surface area contributed by atoms with Gasteiger partial charge in [-0.1, -0.05) is 13.8 Å². The Hall–Kier alpha value is -0.0400. The number of hydrogen-bond acceptors (Lipinski definition) is 1. The molecule has 0 aliphatic rings. The summed E-state index contributed by atoms with van der Waals surface area (Å²) in [5, 5.41) is 3.38. The number of hydrogen-bond donors (Lipinski definition) is 1. The van der Waals surface area contributed by atoms with E-state index >= 15 is 0 Å². The van der Waals surface area contributed by atoms with E-state index in [-0.39, 0.29) is 0 Å². The molecule has 0 heterocycles. The van der Waals surface area contributed by atoms with Gasteiger partial charge in [-0.25, -0.2) is 0 Å². The van der Waals surface area contributed by atoms with Gasteiger partial charge in [-0.3, -0.25) is 0 Å². The van der Waals surface area contributed by atoms with Crippen molar-refractivity contribution in [3.63, 3.8) is 0 Å². The molecule has 1 heteroatoms. The van der Waals surface area contributed by atoms with Crippen LogP contribution >= 0.6 is 0 Å². The molecule has 0 spiro atoms. The maximum absolute atomic E-state index is 3.38. The summed E-state index contributed by atoms with van der Waals surface area (Å²) >= 11 is 0. The van der Waals surface area contributed by atoms with Crippen LogP contribution in [0.5, 0.6) is 0 Å². The molecule has 0 unspecified atom stereocenters. The Morgan fingerprint density at radius 3 is 2.38 bits per heavy atom. The van der Waals surface area contributed by atoms with Crippen molar-refractivity contribution < 1.29 is 0 Å². The topological polar surface area (TPSA) is 12.0 Å². The van der Waals surface area contributed by atoms with Crippen molar-refractivity contribution in [2.75, 3.05) is 6.54 Å². The Morgan fingerprint density at radius 1 is 1.38 bits per heavy atom. The van der Waals surface area contributed by atoms with Crippen LogP contribution in [0.4, 0.5) is 0 Å². The van der Waals surface area contributed by atoms with Crippen LogP contribution in [0, 0.1) is 0 Å². The normalized spacial score (nSPS) is 13.9. The predicted octanol–water partition coefficient (Wildman–Crippen LogP) is 1.78. The van der Waals surface area contributed by atoms with Gasteiger partial charge in [0, 0.05) is 6.04 Å². The fraction of sp³-hybridized carbons (Fsp3) is 1.00. The van der Waals surface area contributed by atoms with E-state index in [0.29, 0.717) is 6.04 Å². The zero-order chi connectivity index (χ0) is 6.41. The quantitative estimate of drug-likeness (QED) is 0.589. The van der Waals surface area contributed by atoms with E-state index in [1.165, 1.54) is 12.8 Å². The van der Waals surface area contributed by atoms with Gasteiger partial charge in [0.1, 0.15) is 0 Å². The van der Waals surface area contributed by atoms with Crippen LogP contribution in [0.15, 0.2) is 0 Å². The van der Waals surface area contributed by atoms with Crippen LogP contribution in [-0.4, -0.2) is 12.6 Å². The fourth-order valence-corrected chi connectivity index (χ4v) is 0.535. The molecule has 0 aromatic heterocycles. The zero-order valence-electron chi connectivity index (χ0n) is 6.20. The molecule has 0 bridgehead atoms. The van der Waals surface area contributed by atoms with E-state index < -0.39 is 0 Å². The van der Waals surface area contributed by atoms with E-state index in [0.717, 1.165) is 6.54 Å². The summed E-state index contributed by atoms with van der Waals surface area (Å²) in [6.45, 7) is 7.77. The summed E-state index contributed by atoms with van der Waals surface area (Å²) in [5.74, 6) is 0. The SMILES string of the molecule is CCCN[C@@H](C)CC. The third-order valence-corrected chi connectivity index (χ3v) is 1.36. The molecule has 1 N–H and O–H groups in total. The van der Waals surface area contributed by atoms with Gasteiger partial charge in [0.15, 0.2) is 0 Å². The highest BCUT2D eigenvalue weighted by Crippen LogP contribution is 1.86. The molecule has 0 aromatic carbocycles. The molecule has 0 saturated heterocycles. The predicted molar refractivity (Wildman–Crippen MR) is 38.0 cm³/mol. The summed E-state index contributed by atoms with van der Waals surface area (Å²) in [5.41, 5.74) is 0. The molecule has 0 amide bonds. The third kappa shape index (κ3) is 4.13. The smallest absolute Gasteiger partial charge is 0.00360 e. The highest BCUT2D eigenvalue weighted by Gasteiger charge is 1.92. The fourth-order valence-electron chi connectivity index (χ4n) is 0.535. The lowest BCUT2D eigenvalue weighted by atomic mass is 10.2. The summed E-state index contributed by atoms with van der Waals surface area (Å²) < 4.78 is 0. The standard InChI is InChI=1S/C7H17N/c1-4-6-8-7(3)5-2/h7-8H,4-6H2,1-3H3/t7-/m0/s1. The van der Waals surface area contributed by atoms with Crippen molar-refractivity contribution >= 4 is 0 Å². The van der Waals surface area contributed by atoms with Crippen LogP contribution in [0.2, 0.25) is 0 Å². The van der Waals surface area contributed by atoms with Gasteiger partial charge >= 0.3 is 0 Å². The lowest BCUT2D eigenvalue weighted by Crippen LogP contribution is -2.25. The molecule has 0 aliphatic carbocycles. The molecule has 0 rings (SSSR count). The molecule has 0 saturated carbocycles. The van der Waals surface area contributed by atoms with Crippen molar-refractivity contribution in [3.8, 4) is 0 Å². The first-order valence-electron chi connectivity index (χ1n) is 3.54. The minimum Gasteiger partial charge on any atom is -0.314 e. The molecule has 0 radical (unpaired) electrons. The Bertz CT molecular complexity index is 43.7. The Kier molecular flexibility index (Phi) is 5.08. The molecule has 0 aliphatic heterocycles. The van der Waals surface area contributed by atoms with E-state index in [1.54, 1.807) is 0 Å². The van der Waals surface area contributed by atoms with Crippen molar-refractivity contribution in [2.45, 2.75) is 39.7 Å². The maximum Gasteiger partial charge on any atom is 0.00360 e. The molecule has 8 heavy (non-hydrogen) atoms. The molecule has 1 atom stereocenters. The van der Waals surface area contributed by atoms with Crippen molar-refractivity contribution in [3.05, 3.63) is 0 Å². The van der Waals surface area contributed by atoms with Crippen molar-refractivity contribution in [1.29, 1.82) is 0 Å². The van der Waals surface area contributed by atoms with E-state index in [9.17, 15) is 0 Å². The Labute approximate surface area is 52.5 Å². The first-order valence-corrected chi connectivity index (χ1v) is 3.54. The lowest BCUT2D eigenvalue weighted by molar-refractivity contribution is 0.533. The second kappa shape index (κ2) is 5.10. The molecule has 50 valence electrons. The Morgan fingerprint density at radius 2 is 2.00 bits per heavy atom. The minimum atomic E-state index is 0.704. The molecule has 0 fully saturated rings. The maximum atomic E-state index is 3.38. The second-order valence-electron chi connectivity index (χ2n) is 2.26.